The molecule has 0 aliphatic heterocycles. The lowest BCUT2D eigenvalue weighted by atomic mass is 9.86. The van der Waals surface area contributed by atoms with Gasteiger partial charge in [-0.3, -0.25) is 4.79 Å². The Morgan fingerprint density at radius 2 is 1.89 bits per heavy atom. The van der Waals surface area contributed by atoms with Gasteiger partial charge in [0.05, 0.1) is 6.42 Å². The van der Waals surface area contributed by atoms with Crippen molar-refractivity contribution in [3.63, 3.8) is 0 Å². The minimum atomic E-state index is -0.0473. The molecule has 1 fully saturated rings. The van der Waals surface area contributed by atoms with Crippen LogP contribution in [-0.2, 0) is 11.2 Å². The van der Waals surface area contributed by atoms with Crippen LogP contribution in [-0.4, -0.2) is 28.8 Å². The van der Waals surface area contributed by atoms with E-state index in [1.165, 1.54) is 0 Å². The Kier molecular flexibility index (Phi) is 4.80. The normalized spacial score (nSPS) is 23.0. The van der Waals surface area contributed by atoms with E-state index < -0.39 is 0 Å². The van der Waals surface area contributed by atoms with E-state index in [1.807, 2.05) is 6.07 Å². The number of carbonyl (C=O) groups is 1. The highest BCUT2D eigenvalue weighted by atomic mass is 16.3. The molecule has 0 radical (unpaired) electrons. The van der Waals surface area contributed by atoms with Gasteiger partial charge < -0.3 is 15.5 Å². The van der Waals surface area contributed by atoms with E-state index >= 15 is 0 Å². The van der Waals surface area contributed by atoms with E-state index in [9.17, 15) is 9.90 Å². The number of phenols is 1. The largest absolute Gasteiger partial charge is 0.508 e. The molecule has 2 rings (SSSR count). The van der Waals surface area contributed by atoms with Crippen molar-refractivity contribution in [1.29, 1.82) is 0 Å². The molecule has 1 saturated carbocycles. The lowest BCUT2D eigenvalue weighted by Crippen LogP contribution is -2.38. The fraction of sp³-hybridized carbons (Fsp3) is 0.533. The minimum absolute atomic E-state index is 0.0473. The third kappa shape index (κ3) is 3.96. The van der Waals surface area contributed by atoms with Crippen molar-refractivity contribution in [3.8, 4) is 5.75 Å². The molecular weight excluding hydrogens is 242 g/mol. The van der Waals surface area contributed by atoms with Crippen LogP contribution in [0.2, 0.25) is 0 Å². The number of aliphatic hydroxyl groups excluding tert-OH is 1. The van der Waals surface area contributed by atoms with Gasteiger partial charge in [-0.05, 0) is 37.7 Å². The second-order valence-corrected chi connectivity index (χ2v) is 5.27. The number of aliphatic hydroxyl groups is 1. The fourth-order valence-electron chi connectivity index (χ4n) is 2.60. The summed E-state index contributed by atoms with van der Waals surface area (Å²) in [5, 5.41) is 21.7. The van der Waals surface area contributed by atoms with E-state index in [1.54, 1.807) is 18.2 Å². The molecule has 1 aromatic rings. The summed E-state index contributed by atoms with van der Waals surface area (Å²) in [6.45, 7) is 0.249. The Labute approximate surface area is 113 Å². The first-order chi connectivity index (χ1) is 9.19. The Bertz CT molecular complexity index is 425. The van der Waals surface area contributed by atoms with Gasteiger partial charge in [-0.1, -0.05) is 18.2 Å². The second kappa shape index (κ2) is 6.57. The van der Waals surface area contributed by atoms with E-state index in [-0.39, 0.29) is 30.7 Å². The van der Waals surface area contributed by atoms with Crippen LogP contribution in [0, 0.1) is 5.92 Å². The summed E-state index contributed by atoms with van der Waals surface area (Å²) in [7, 11) is 0. The lowest BCUT2D eigenvalue weighted by molar-refractivity contribution is -0.121. The van der Waals surface area contributed by atoms with E-state index in [4.69, 9.17) is 5.11 Å². The molecule has 1 aromatic carbocycles. The maximum atomic E-state index is 11.9. The van der Waals surface area contributed by atoms with E-state index in [0.29, 0.717) is 11.5 Å². The molecule has 19 heavy (non-hydrogen) atoms. The highest BCUT2D eigenvalue weighted by molar-refractivity contribution is 5.79. The Morgan fingerprint density at radius 1 is 1.21 bits per heavy atom. The number of nitrogens with one attached hydrogen (secondary N) is 1. The van der Waals surface area contributed by atoms with Crippen LogP contribution in [0.15, 0.2) is 24.3 Å². The van der Waals surface area contributed by atoms with E-state index in [2.05, 4.69) is 5.32 Å². The van der Waals surface area contributed by atoms with Gasteiger partial charge in [-0.25, -0.2) is 0 Å². The lowest BCUT2D eigenvalue weighted by Gasteiger charge is -2.28. The Morgan fingerprint density at radius 3 is 2.53 bits per heavy atom. The molecule has 4 nitrogen and oxygen atoms in total. The monoisotopic (exact) mass is 263 g/mol. The maximum Gasteiger partial charge on any atom is 0.224 e. The molecule has 104 valence electrons. The summed E-state index contributed by atoms with van der Waals surface area (Å²) in [5.41, 5.74) is 0.657. The number of aromatic hydroxyl groups is 1. The third-order valence-corrected chi connectivity index (χ3v) is 3.81. The standard InChI is InChI=1S/C15H21NO3/c17-10-11-5-7-13(8-6-11)16-15(19)9-12-3-1-2-4-14(12)18/h1-4,11,13,17-18H,5-10H2,(H,16,19). The molecule has 3 N–H and O–H groups in total. The highest BCUT2D eigenvalue weighted by Crippen LogP contribution is 2.24. The molecule has 1 amide bonds. The van der Waals surface area contributed by atoms with Crippen LogP contribution in [0.5, 0.6) is 5.75 Å². The first kappa shape index (κ1) is 13.9. The maximum absolute atomic E-state index is 11.9. The van der Waals surface area contributed by atoms with Crippen molar-refractivity contribution >= 4 is 5.91 Å². The molecule has 0 spiro atoms. The van der Waals surface area contributed by atoms with Crippen molar-refractivity contribution in [2.75, 3.05) is 6.61 Å². The minimum Gasteiger partial charge on any atom is -0.508 e. The topological polar surface area (TPSA) is 69.6 Å². The van der Waals surface area contributed by atoms with Crippen molar-refractivity contribution in [2.24, 2.45) is 5.92 Å². The van der Waals surface area contributed by atoms with Gasteiger partial charge in [0.15, 0.2) is 0 Å². The van der Waals surface area contributed by atoms with Crippen LogP contribution in [0.3, 0.4) is 0 Å². The summed E-state index contributed by atoms with van der Waals surface area (Å²) in [6, 6.07) is 7.12. The Hall–Kier alpha value is -1.55. The molecule has 1 aliphatic rings. The van der Waals surface area contributed by atoms with Crippen LogP contribution < -0.4 is 5.32 Å². The zero-order chi connectivity index (χ0) is 13.7. The number of hydrogen-bond donors (Lipinski definition) is 3. The van der Waals surface area contributed by atoms with Crippen LogP contribution in [0.1, 0.15) is 31.2 Å². The van der Waals surface area contributed by atoms with Crippen molar-refractivity contribution in [1.82, 2.24) is 5.32 Å². The number of amides is 1. The summed E-state index contributed by atoms with van der Waals surface area (Å²) >= 11 is 0. The second-order valence-electron chi connectivity index (χ2n) is 5.27. The predicted molar refractivity (Wildman–Crippen MR) is 72.8 cm³/mol. The van der Waals surface area contributed by atoms with Crippen molar-refractivity contribution < 1.29 is 15.0 Å². The quantitative estimate of drug-likeness (QED) is 0.773. The van der Waals surface area contributed by atoms with Gasteiger partial charge in [0.25, 0.3) is 0 Å². The zero-order valence-electron chi connectivity index (χ0n) is 11.0. The van der Waals surface area contributed by atoms with E-state index in [0.717, 1.165) is 25.7 Å². The molecule has 0 bridgehead atoms. The number of hydrogen-bond acceptors (Lipinski definition) is 3. The highest BCUT2D eigenvalue weighted by Gasteiger charge is 2.21. The first-order valence-corrected chi connectivity index (χ1v) is 6.86. The number of phenolic OH excluding ortho intramolecular Hbond substituents is 1. The molecule has 4 heteroatoms. The molecule has 0 atom stereocenters. The summed E-state index contributed by atoms with van der Waals surface area (Å²) in [4.78, 5) is 11.9. The van der Waals surface area contributed by atoms with Crippen LogP contribution >= 0.6 is 0 Å². The van der Waals surface area contributed by atoms with Crippen molar-refractivity contribution in [3.05, 3.63) is 29.8 Å². The number of benzene rings is 1. The van der Waals surface area contributed by atoms with Gasteiger partial charge in [-0.2, -0.15) is 0 Å². The number of para-hydroxylation sites is 1. The van der Waals surface area contributed by atoms with Crippen LogP contribution in [0.4, 0.5) is 0 Å². The summed E-state index contributed by atoms with van der Waals surface area (Å²) < 4.78 is 0. The third-order valence-electron chi connectivity index (χ3n) is 3.81. The van der Waals surface area contributed by atoms with Gasteiger partial charge in [0, 0.05) is 18.2 Å². The molecule has 0 aromatic heterocycles. The predicted octanol–water partition coefficient (Wildman–Crippen LogP) is 1.60. The SMILES string of the molecule is O=C(Cc1ccccc1O)NC1CCC(CO)CC1. The number of carbonyl (C=O) groups excluding carboxylic acids is 1. The van der Waals surface area contributed by atoms with Gasteiger partial charge in [0.1, 0.15) is 5.75 Å². The average molecular weight is 263 g/mol. The molecule has 0 saturated heterocycles. The van der Waals surface area contributed by atoms with Crippen LogP contribution in [0.25, 0.3) is 0 Å². The van der Waals surface area contributed by atoms with Gasteiger partial charge in [0.2, 0.25) is 5.91 Å². The van der Waals surface area contributed by atoms with Crippen molar-refractivity contribution in [2.45, 2.75) is 38.1 Å². The summed E-state index contributed by atoms with van der Waals surface area (Å²) in [6.07, 6.45) is 4.01. The Balaban J connectivity index is 1.81. The molecular formula is C15H21NO3. The fourth-order valence-corrected chi connectivity index (χ4v) is 2.60. The average Bonchev–Trinajstić information content (AvgIpc) is 2.42. The molecule has 0 heterocycles. The zero-order valence-corrected chi connectivity index (χ0v) is 11.0. The number of rotatable bonds is 4. The molecule has 1 aliphatic carbocycles. The van der Waals surface area contributed by atoms with Gasteiger partial charge in [-0.15, -0.1) is 0 Å². The smallest absolute Gasteiger partial charge is 0.224 e. The summed E-state index contributed by atoms with van der Waals surface area (Å²) in [5.74, 6) is 0.516. The molecule has 0 unspecified atom stereocenters. The first-order valence-electron chi connectivity index (χ1n) is 6.86. The van der Waals surface area contributed by atoms with Gasteiger partial charge >= 0.3 is 0 Å².